The summed E-state index contributed by atoms with van der Waals surface area (Å²) < 4.78 is 7.05. The van der Waals surface area contributed by atoms with Crippen LogP contribution >= 0.6 is 0 Å². The summed E-state index contributed by atoms with van der Waals surface area (Å²) in [7, 11) is 1.61. The van der Waals surface area contributed by atoms with Gasteiger partial charge < -0.3 is 15.0 Å². The number of methoxy groups -OCH3 is 1. The quantitative estimate of drug-likeness (QED) is 0.605. The first-order chi connectivity index (χ1) is 16.1. The van der Waals surface area contributed by atoms with Crippen LogP contribution in [0.1, 0.15) is 55.0 Å². The minimum atomic E-state index is -1.12. The number of aromatic nitrogens is 2. The number of fused-ring (bicyclic) bond motifs is 1. The fourth-order valence-electron chi connectivity index (χ4n) is 4.18. The SMILES string of the molecule is COc1cccc(CN2C(=O)c3cc(C(C)(C)C)nn3C[C@@]2(C)C(=O)NCc2ccccc2)c1. The molecule has 2 amide bonds. The Bertz CT molecular complexity index is 1200. The first kappa shape index (κ1) is 23.5. The van der Waals surface area contributed by atoms with Crippen molar-refractivity contribution in [1.82, 2.24) is 20.0 Å². The highest BCUT2D eigenvalue weighted by atomic mass is 16.5. The lowest BCUT2D eigenvalue weighted by atomic mass is 9.91. The molecule has 178 valence electrons. The van der Waals surface area contributed by atoms with E-state index < -0.39 is 5.54 Å². The number of carbonyl (C=O) groups excluding carboxylic acids is 2. The average molecular weight is 461 g/mol. The molecule has 34 heavy (non-hydrogen) atoms. The lowest BCUT2D eigenvalue weighted by Crippen LogP contribution is -2.63. The maximum atomic E-state index is 13.8. The second-order valence-electron chi connectivity index (χ2n) is 10.0. The van der Waals surface area contributed by atoms with E-state index in [4.69, 9.17) is 9.84 Å². The maximum Gasteiger partial charge on any atom is 0.273 e. The predicted molar refractivity (Wildman–Crippen MR) is 130 cm³/mol. The Morgan fingerprint density at radius 1 is 1.09 bits per heavy atom. The van der Waals surface area contributed by atoms with Crippen LogP contribution in [0.25, 0.3) is 0 Å². The fourth-order valence-corrected chi connectivity index (χ4v) is 4.18. The van der Waals surface area contributed by atoms with Crippen molar-refractivity contribution < 1.29 is 14.3 Å². The Morgan fingerprint density at radius 2 is 1.79 bits per heavy atom. The summed E-state index contributed by atoms with van der Waals surface area (Å²) in [6, 6.07) is 19.2. The molecule has 1 N–H and O–H groups in total. The van der Waals surface area contributed by atoms with Crippen LogP contribution in [0.5, 0.6) is 5.75 Å². The predicted octanol–water partition coefficient (Wildman–Crippen LogP) is 3.92. The van der Waals surface area contributed by atoms with Crippen molar-refractivity contribution >= 4 is 11.8 Å². The number of benzene rings is 2. The molecule has 0 bridgehead atoms. The summed E-state index contributed by atoms with van der Waals surface area (Å²) in [5.74, 6) is 0.276. The summed E-state index contributed by atoms with van der Waals surface area (Å²) >= 11 is 0. The molecule has 0 unspecified atom stereocenters. The zero-order valence-corrected chi connectivity index (χ0v) is 20.5. The fraction of sp³-hybridized carbons (Fsp3) is 0.370. The van der Waals surface area contributed by atoms with Crippen molar-refractivity contribution in [3.63, 3.8) is 0 Å². The number of hydrogen-bond acceptors (Lipinski definition) is 4. The Kier molecular flexibility index (Phi) is 6.21. The third kappa shape index (κ3) is 4.55. The summed E-state index contributed by atoms with van der Waals surface area (Å²) in [5, 5.41) is 7.74. The minimum absolute atomic E-state index is 0.213. The van der Waals surface area contributed by atoms with Crippen LogP contribution in [0, 0.1) is 0 Å². The molecule has 0 saturated heterocycles. The van der Waals surface area contributed by atoms with Gasteiger partial charge in [0, 0.05) is 18.5 Å². The Morgan fingerprint density at radius 3 is 2.47 bits per heavy atom. The average Bonchev–Trinajstić information content (AvgIpc) is 3.25. The van der Waals surface area contributed by atoms with Crippen LogP contribution in [0.3, 0.4) is 0 Å². The molecule has 7 nitrogen and oxygen atoms in total. The van der Waals surface area contributed by atoms with E-state index in [2.05, 4.69) is 26.1 Å². The van der Waals surface area contributed by atoms with Gasteiger partial charge in [-0.2, -0.15) is 5.10 Å². The summed E-state index contributed by atoms with van der Waals surface area (Å²) in [6.45, 7) is 8.93. The molecule has 0 spiro atoms. The second-order valence-corrected chi connectivity index (χ2v) is 10.0. The Balaban J connectivity index is 1.70. The molecule has 0 fully saturated rings. The van der Waals surface area contributed by atoms with Gasteiger partial charge in [-0.05, 0) is 36.2 Å². The molecule has 0 saturated carbocycles. The number of nitrogens with one attached hydrogen (secondary N) is 1. The number of ether oxygens (including phenoxy) is 1. The van der Waals surface area contributed by atoms with E-state index in [-0.39, 0.29) is 30.3 Å². The van der Waals surface area contributed by atoms with E-state index in [1.807, 2.05) is 67.6 Å². The van der Waals surface area contributed by atoms with Crippen LogP contribution in [-0.4, -0.2) is 39.1 Å². The van der Waals surface area contributed by atoms with Gasteiger partial charge >= 0.3 is 0 Å². The highest BCUT2D eigenvalue weighted by molar-refractivity contribution is 5.99. The van der Waals surface area contributed by atoms with Crippen LogP contribution < -0.4 is 10.1 Å². The first-order valence-electron chi connectivity index (χ1n) is 11.5. The van der Waals surface area contributed by atoms with Gasteiger partial charge in [0.15, 0.2) is 0 Å². The molecule has 2 heterocycles. The van der Waals surface area contributed by atoms with E-state index in [0.29, 0.717) is 18.0 Å². The topological polar surface area (TPSA) is 76.5 Å². The van der Waals surface area contributed by atoms with Gasteiger partial charge in [0.1, 0.15) is 17.0 Å². The standard InChI is InChI=1S/C27H32N4O3/c1-26(2,3)23-15-22-24(32)30(17-20-12-9-13-21(14-20)34-5)27(4,18-31(22)29-23)25(33)28-16-19-10-7-6-8-11-19/h6-15H,16-18H2,1-5H3,(H,28,33)/t27-/m0/s1. The van der Waals surface area contributed by atoms with E-state index in [0.717, 1.165) is 16.8 Å². The molecule has 0 aliphatic carbocycles. The highest BCUT2D eigenvalue weighted by Crippen LogP contribution is 2.32. The molecule has 7 heteroatoms. The molecular formula is C27H32N4O3. The zero-order valence-electron chi connectivity index (χ0n) is 20.5. The molecule has 1 aromatic heterocycles. The van der Waals surface area contributed by atoms with Crippen LogP contribution in [0.4, 0.5) is 0 Å². The van der Waals surface area contributed by atoms with Crippen molar-refractivity contribution in [2.75, 3.05) is 7.11 Å². The van der Waals surface area contributed by atoms with Crippen molar-refractivity contribution in [2.45, 2.75) is 58.3 Å². The van der Waals surface area contributed by atoms with Crippen molar-refractivity contribution in [3.05, 3.63) is 83.2 Å². The summed E-state index contributed by atoms with van der Waals surface area (Å²) in [4.78, 5) is 29.0. The smallest absolute Gasteiger partial charge is 0.273 e. The molecule has 0 radical (unpaired) electrons. The van der Waals surface area contributed by atoms with Gasteiger partial charge in [-0.25, -0.2) is 0 Å². The number of carbonyl (C=O) groups is 2. The third-order valence-electron chi connectivity index (χ3n) is 6.33. The van der Waals surface area contributed by atoms with E-state index in [1.54, 1.807) is 16.7 Å². The molecule has 4 rings (SSSR count). The number of amides is 2. The second kappa shape index (κ2) is 8.97. The van der Waals surface area contributed by atoms with E-state index in [9.17, 15) is 9.59 Å². The van der Waals surface area contributed by atoms with Crippen molar-refractivity contribution in [3.8, 4) is 5.75 Å². The van der Waals surface area contributed by atoms with Gasteiger partial charge in [-0.3, -0.25) is 14.3 Å². The van der Waals surface area contributed by atoms with Crippen LogP contribution in [-0.2, 0) is 29.8 Å². The zero-order chi connectivity index (χ0) is 24.5. The van der Waals surface area contributed by atoms with Crippen molar-refractivity contribution in [1.29, 1.82) is 0 Å². The lowest BCUT2D eigenvalue weighted by Gasteiger charge is -2.43. The van der Waals surface area contributed by atoms with Gasteiger partial charge in [0.25, 0.3) is 5.91 Å². The maximum absolute atomic E-state index is 13.8. The molecule has 1 atom stereocenters. The molecule has 2 aromatic carbocycles. The summed E-state index contributed by atoms with van der Waals surface area (Å²) in [5.41, 5.74) is 1.87. The Labute approximate surface area is 200 Å². The normalized spacial score (nSPS) is 17.9. The molecule has 3 aromatic rings. The highest BCUT2D eigenvalue weighted by Gasteiger charge is 2.48. The molecular weight excluding hydrogens is 428 g/mol. The first-order valence-corrected chi connectivity index (χ1v) is 11.5. The number of nitrogens with zero attached hydrogens (tertiary/aromatic N) is 3. The monoisotopic (exact) mass is 460 g/mol. The summed E-state index contributed by atoms with van der Waals surface area (Å²) in [6.07, 6.45) is 0. The Hall–Kier alpha value is -3.61. The van der Waals surface area contributed by atoms with Gasteiger partial charge in [0.05, 0.1) is 19.3 Å². The van der Waals surface area contributed by atoms with Crippen LogP contribution in [0.15, 0.2) is 60.7 Å². The van der Waals surface area contributed by atoms with Crippen LogP contribution in [0.2, 0.25) is 0 Å². The van der Waals surface area contributed by atoms with Gasteiger partial charge in [-0.1, -0.05) is 63.2 Å². The largest absolute Gasteiger partial charge is 0.497 e. The van der Waals surface area contributed by atoms with E-state index >= 15 is 0 Å². The minimum Gasteiger partial charge on any atom is -0.497 e. The van der Waals surface area contributed by atoms with E-state index in [1.165, 1.54) is 0 Å². The lowest BCUT2D eigenvalue weighted by molar-refractivity contribution is -0.133. The van der Waals surface area contributed by atoms with Gasteiger partial charge in [-0.15, -0.1) is 0 Å². The number of rotatable bonds is 6. The molecule has 1 aliphatic heterocycles. The number of hydrogen-bond donors (Lipinski definition) is 1. The third-order valence-corrected chi connectivity index (χ3v) is 6.33. The van der Waals surface area contributed by atoms with Gasteiger partial charge in [0.2, 0.25) is 5.91 Å². The molecule has 1 aliphatic rings. The van der Waals surface area contributed by atoms with Crippen molar-refractivity contribution in [2.24, 2.45) is 0 Å².